The molecule has 0 bridgehead atoms. The van der Waals surface area contributed by atoms with Crippen LogP contribution in [0.1, 0.15) is 39.5 Å². The van der Waals surface area contributed by atoms with Crippen LogP contribution < -0.4 is 0 Å². The van der Waals surface area contributed by atoms with Crippen molar-refractivity contribution < 1.29 is 9.90 Å². The number of rotatable bonds is 5. The monoisotopic (exact) mass is 225 g/mol. The molecule has 92 valence electrons. The highest BCUT2D eigenvalue weighted by Gasteiger charge is 2.19. The van der Waals surface area contributed by atoms with Crippen LogP contribution >= 0.6 is 0 Å². The first-order valence-electron chi connectivity index (χ1n) is 6.20. The zero-order valence-corrected chi connectivity index (χ0v) is 10.4. The van der Waals surface area contributed by atoms with E-state index in [2.05, 4.69) is 18.7 Å². The van der Waals surface area contributed by atoms with Crippen molar-refractivity contribution in [2.75, 3.05) is 13.1 Å². The average molecular weight is 225 g/mol. The molecule has 1 fully saturated rings. The SMILES string of the molecule is CC(C)N1CCC(C/C=C\CC(=O)O)CC1. The molecule has 0 radical (unpaired) electrons. The Labute approximate surface area is 98.1 Å². The number of carboxylic acids is 1. The quantitative estimate of drug-likeness (QED) is 0.731. The molecule has 0 aliphatic carbocycles. The highest BCUT2D eigenvalue weighted by atomic mass is 16.4. The Morgan fingerprint density at radius 2 is 2.00 bits per heavy atom. The Bertz CT molecular complexity index is 240. The van der Waals surface area contributed by atoms with E-state index < -0.39 is 5.97 Å². The molecular weight excluding hydrogens is 202 g/mol. The largest absolute Gasteiger partial charge is 0.481 e. The minimum atomic E-state index is -0.745. The minimum Gasteiger partial charge on any atom is -0.481 e. The molecule has 1 rings (SSSR count). The maximum absolute atomic E-state index is 10.3. The van der Waals surface area contributed by atoms with Crippen molar-refractivity contribution in [3.63, 3.8) is 0 Å². The van der Waals surface area contributed by atoms with Crippen LogP contribution in [0.3, 0.4) is 0 Å². The summed E-state index contributed by atoms with van der Waals surface area (Å²) in [5, 5.41) is 8.49. The number of nitrogens with zero attached hydrogens (tertiary/aromatic N) is 1. The summed E-state index contributed by atoms with van der Waals surface area (Å²) in [5.74, 6) is 0.00548. The van der Waals surface area contributed by atoms with Crippen molar-refractivity contribution in [2.45, 2.75) is 45.6 Å². The Morgan fingerprint density at radius 3 is 2.50 bits per heavy atom. The third-order valence-electron chi connectivity index (χ3n) is 3.31. The smallest absolute Gasteiger partial charge is 0.307 e. The number of piperidine rings is 1. The third-order valence-corrected chi connectivity index (χ3v) is 3.31. The van der Waals surface area contributed by atoms with Crippen LogP contribution in [0, 0.1) is 5.92 Å². The maximum Gasteiger partial charge on any atom is 0.307 e. The summed E-state index contributed by atoms with van der Waals surface area (Å²) in [4.78, 5) is 12.8. The van der Waals surface area contributed by atoms with Crippen LogP contribution in [-0.2, 0) is 4.79 Å². The molecule has 16 heavy (non-hydrogen) atoms. The van der Waals surface area contributed by atoms with Crippen LogP contribution in [-0.4, -0.2) is 35.1 Å². The topological polar surface area (TPSA) is 40.5 Å². The Hall–Kier alpha value is -0.830. The summed E-state index contributed by atoms with van der Waals surface area (Å²) in [7, 11) is 0. The molecular formula is C13H23NO2. The fourth-order valence-electron chi connectivity index (χ4n) is 2.18. The van der Waals surface area contributed by atoms with Gasteiger partial charge in [0.25, 0.3) is 0 Å². The van der Waals surface area contributed by atoms with Gasteiger partial charge in [0.15, 0.2) is 0 Å². The second-order valence-electron chi connectivity index (χ2n) is 4.88. The van der Waals surface area contributed by atoms with Crippen molar-refractivity contribution in [1.82, 2.24) is 4.90 Å². The number of aliphatic carboxylic acids is 1. The molecule has 1 heterocycles. The van der Waals surface area contributed by atoms with E-state index in [1.807, 2.05) is 6.08 Å². The molecule has 1 N–H and O–H groups in total. The molecule has 0 aromatic carbocycles. The van der Waals surface area contributed by atoms with Gasteiger partial charge in [0, 0.05) is 6.04 Å². The van der Waals surface area contributed by atoms with Gasteiger partial charge in [-0.15, -0.1) is 0 Å². The summed E-state index contributed by atoms with van der Waals surface area (Å²) in [5.41, 5.74) is 0. The summed E-state index contributed by atoms with van der Waals surface area (Å²) < 4.78 is 0. The molecule has 1 aliphatic heterocycles. The highest BCUT2D eigenvalue weighted by Crippen LogP contribution is 2.22. The lowest BCUT2D eigenvalue weighted by atomic mass is 9.93. The predicted octanol–water partition coefficient (Wildman–Crippen LogP) is 2.53. The van der Waals surface area contributed by atoms with Gasteiger partial charge in [-0.05, 0) is 52.1 Å². The molecule has 0 spiro atoms. The van der Waals surface area contributed by atoms with Gasteiger partial charge >= 0.3 is 5.97 Å². The van der Waals surface area contributed by atoms with Gasteiger partial charge in [-0.2, -0.15) is 0 Å². The van der Waals surface area contributed by atoms with Crippen molar-refractivity contribution in [3.8, 4) is 0 Å². The van der Waals surface area contributed by atoms with E-state index in [-0.39, 0.29) is 6.42 Å². The normalized spacial score (nSPS) is 19.7. The van der Waals surface area contributed by atoms with Crippen molar-refractivity contribution >= 4 is 5.97 Å². The number of hydrogen-bond acceptors (Lipinski definition) is 2. The third kappa shape index (κ3) is 4.79. The van der Waals surface area contributed by atoms with Crippen molar-refractivity contribution in [2.24, 2.45) is 5.92 Å². The number of likely N-dealkylation sites (tertiary alicyclic amines) is 1. The van der Waals surface area contributed by atoms with Crippen LogP contribution in [0.25, 0.3) is 0 Å². The summed E-state index contributed by atoms with van der Waals surface area (Å²) >= 11 is 0. The molecule has 0 atom stereocenters. The summed E-state index contributed by atoms with van der Waals surface area (Å²) in [6.45, 7) is 6.87. The molecule has 0 aromatic heterocycles. The van der Waals surface area contributed by atoms with Gasteiger partial charge in [0.2, 0.25) is 0 Å². The van der Waals surface area contributed by atoms with Gasteiger partial charge in [0.1, 0.15) is 0 Å². The lowest BCUT2D eigenvalue weighted by molar-refractivity contribution is -0.136. The van der Waals surface area contributed by atoms with Crippen molar-refractivity contribution in [3.05, 3.63) is 12.2 Å². The maximum atomic E-state index is 10.3. The fourth-order valence-corrected chi connectivity index (χ4v) is 2.18. The van der Waals surface area contributed by atoms with E-state index in [1.54, 1.807) is 6.08 Å². The van der Waals surface area contributed by atoms with Gasteiger partial charge < -0.3 is 10.0 Å². The fraction of sp³-hybridized carbons (Fsp3) is 0.769. The summed E-state index contributed by atoms with van der Waals surface area (Å²) in [6, 6.07) is 0.656. The molecule has 0 unspecified atom stereocenters. The number of allylic oxidation sites excluding steroid dienone is 1. The zero-order chi connectivity index (χ0) is 12.0. The van der Waals surface area contributed by atoms with E-state index in [1.165, 1.54) is 25.9 Å². The van der Waals surface area contributed by atoms with Crippen LogP contribution in [0.2, 0.25) is 0 Å². The second-order valence-corrected chi connectivity index (χ2v) is 4.88. The van der Waals surface area contributed by atoms with Crippen LogP contribution in [0.4, 0.5) is 0 Å². The Morgan fingerprint density at radius 1 is 1.38 bits per heavy atom. The van der Waals surface area contributed by atoms with E-state index in [4.69, 9.17) is 5.11 Å². The minimum absolute atomic E-state index is 0.158. The van der Waals surface area contributed by atoms with Gasteiger partial charge in [-0.25, -0.2) is 0 Å². The summed E-state index contributed by atoms with van der Waals surface area (Å²) in [6.07, 6.45) is 7.50. The van der Waals surface area contributed by atoms with Gasteiger partial charge in [-0.3, -0.25) is 4.79 Å². The van der Waals surface area contributed by atoms with E-state index in [0.29, 0.717) is 6.04 Å². The van der Waals surface area contributed by atoms with Gasteiger partial charge in [-0.1, -0.05) is 12.2 Å². The van der Waals surface area contributed by atoms with Crippen LogP contribution in [0.5, 0.6) is 0 Å². The molecule has 3 heteroatoms. The van der Waals surface area contributed by atoms with Crippen molar-refractivity contribution in [1.29, 1.82) is 0 Å². The highest BCUT2D eigenvalue weighted by molar-refractivity contribution is 5.68. The molecule has 0 saturated carbocycles. The molecule has 0 aromatic rings. The molecule has 0 amide bonds. The number of hydrogen-bond donors (Lipinski definition) is 1. The Balaban J connectivity index is 2.17. The first-order valence-corrected chi connectivity index (χ1v) is 6.20. The van der Waals surface area contributed by atoms with E-state index in [9.17, 15) is 4.79 Å². The first-order chi connectivity index (χ1) is 7.59. The van der Waals surface area contributed by atoms with Crippen LogP contribution in [0.15, 0.2) is 12.2 Å². The predicted molar refractivity (Wildman–Crippen MR) is 65.4 cm³/mol. The molecule has 3 nitrogen and oxygen atoms in total. The van der Waals surface area contributed by atoms with Gasteiger partial charge in [0.05, 0.1) is 6.42 Å². The number of carbonyl (C=O) groups is 1. The Kier molecular flexibility index (Phi) is 5.53. The zero-order valence-electron chi connectivity index (χ0n) is 10.4. The number of carboxylic acid groups (broad SMARTS) is 1. The van der Waals surface area contributed by atoms with E-state index >= 15 is 0 Å². The standard InChI is InChI=1S/C13H23NO2/c1-11(2)14-9-7-12(8-10-14)5-3-4-6-13(15)16/h3-4,11-12H,5-10H2,1-2H3,(H,15,16)/b4-3-. The lowest BCUT2D eigenvalue weighted by Crippen LogP contribution is -2.38. The lowest BCUT2D eigenvalue weighted by Gasteiger charge is -2.34. The average Bonchev–Trinajstić information content (AvgIpc) is 2.25. The van der Waals surface area contributed by atoms with E-state index in [0.717, 1.165) is 12.3 Å². The first kappa shape index (κ1) is 13.2. The second kappa shape index (κ2) is 6.69. The molecule has 1 saturated heterocycles. The molecule has 1 aliphatic rings.